The summed E-state index contributed by atoms with van der Waals surface area (Å²) in [6, 6.07) is 0. The van der Waals surface area contributed by atoms with Crippen LogP contribution in [0.5, 0.6) is 0 Å². The van der Waals surface area contributed by atoms with Crippen molar-refractivity contribution in [2.75, 3.05) is 0 Å². The second-order valence-corrected chi connectivity index (χ2v) is 5.20. The molecule has 0 aromatic heterocycles. The van der Waals surface area contributed by atoms with E-state index in [2.05, 4.69) is 43.4 Å². The molecule has 0 heterocycles. The lowest BCUT2D eigenvalue weighted by atomic mass is 10.2. The fourth-order valence-corrected chi connectivity index (χ4v) is 1.75. The van der Waals surface area contributed by atoms with Crippen LogP contribution in [0.1, 0.15) is 51.9 Å². The summed E-state index contributed by atoms with van der Waals surface area (Å²) in [4.78, 5) is 21.7. The van der Waals surface area contributed by atoms with Crippen LogP contribution in [0.15, 0.2) is 72.9 Å². The lowest BCUT2D eigenvalue weighted by molar-refractivity contribution is -0.113. The predicted octanol–water partition coefficient (Wildman–Crippen LogP) is 5.84. The van der Waals surface area contributed by atoms with Crippen molar-refractivity contribution in [1.29, 1.82) is 0 Å². The number of allylic oxidation sites excluding steroid dienone is 12. The molecule has 0 aliphatic carbocycles. The summed E-state index contributed by atoms with van der Waals surface area (Å²) in [6.45, 7) is 2.13. The number of rotatable bonds is 14. The summed E-state index contributed by atoms with van der Waals surface area (Å²) < 4.78 is 0. The van der Waals surface area contributed by atoms with Crippen molar-refractivity contribution in [3.63, 3.8) is 0 Å². The Balaban J connectivity index is 3.69. The fraction of sp³-hybridized carbons (Fsp3) is 0.364. The molecule has 0 radical (unpaired) electrons. The maximum atomic E-state index is 11.6. The third kappa shape index (κ3) is 17.8. The molecular formula is C22H30O2. The average Bonchev–Trinajstić information content (AvgIpc) is 2.59. The van der Waals surface area contributed by atoms with Crippen LogP contribution in [0.4, 0.5) is 0 Å². The third-order valence-electron chi connectivity index (χ3n) is 3.02. The van der Waals surface area contributed by atoms with Gasteiger partial charge >= 0.3 is 0 Å². The van der Waals surface area contributed by atoms with Gasteiger partial charge in [0.05, 0.1) is 0 Å². The molecule has 0 N–H and O–H groups in total. The zero-order valence-electron chi connectivity index (χ0n) is 14.8. The molecule has 0 amide bonds. The molecule has 0 aliphatic heterocycles. The quantitative estimate of drug-likeness (QED) is 0.132. The maximum absolute atomic E-state index is 11.6. The van der Waals surface area contributed by atoms with E-state index < -0.39 is 0 Å². The standard InChI is InChI=1S/C22H30O2/c1-2-3-4-5-6-7-8-9-10-11-13-16-19-22(24)20-17-14-12-15-18-21-23/h3-4,6-7,9-10,12-14,16-17,20-21H,2,5,8,11,15,18-19H2,1H3/b4-3-,7-6-,10-9-,14-12+,16-13-,20-17+. The van der Waals surface area contributed by atoms with Gasteiger partial charge in [0.1, 0.15) is 6.29 Å². The summed E-state index contributed by atoms with van der Waals surface area (Å²) in [5.74, 6) is 0.0818. The lowest BCUT2D eigenvalue weighted by Crippen LogP contribution is -1.87. The molecular weight excluding hydrogens is 296 g/mol. The average molecular weight is 326 g/mol. The molecule has 2 nitrogen and oxygen atoms in total. The monoisotopic (exact) mass is 326 g/mol. The normalized spacial score (nSPS) is 12.9. The summed E-state index contributed by atoms with van der Waals surface area (Å²) in [5, 5.41) is 0. The van der Waals surface area contributed by atoms with Crippen molar-refractivity contribution in [3.05, 3.63) is 72.9 Å². The fourth-order valence-electron chi connectivity index (χ4n) is 1.75. The zero-order chi connectivity index (χ0) is 17.7. The van der Waals surface area contributed by atoms with Crippen molar-refractivity contribution in [1.82, 2.24) is 0 Å². The molecule has 0 saturated heterocycles. The first-order chi connectivity index (χ1) is 11.8. The number of ketones is 1. The first-order valence-corrected chi connectivity index (χ1v) is 8.70. The molecule has 130 valence electrons. The Labute approximate surface area is 147 Å². The molecule has 0 aromatic carbocycles. The number of hydrogen-bond acceptors (Lipinski definition) is 2. The van der Waals surface area contributed by atoms with Crippen molar-refractivity contribution >= 4 is 12.1 Å². The molecule has 0 aliphatic rings. The molecule has 0 bridgehead atoms. The van der Waals surface area contributed by atoms with Crippen LogP contribution in [0.25, 0.3) is 0 Å². The van der Waals surface area contributed by atoms with Crippen LogP contribution < -0.4 is 0 Å². The minimum absolute atomic E-state index is 0.0818. The van der Waals surface area contributed by atoms with Crippen molar-refractivity contribution in [2.45, 2.75) is 51.9 Å². The number of carbonyl (C=O) groups excluding carboxylic acids is 2. The largest absolute Gasteiger partial charge is 0.303 e. The Morgan fingerprint density at radius 2 is 1.29 bits per heavy atom. The third-order valence-corrected chi connectivity index (χ3v) is 3.02. The smallest absolute Gasteiger partial charge is 0.159 e. The summed E-state index contributed by atoms with van der Waals surface area (Å²) >= 11 is 0. The number of hydrogen-bond donors (Lipinski definition) is 0. The van der Waals surface area contributed by atoms with Gasteiger partial charge < -0.3 is 4.79 Å². The van der Waals surface area contributed by atoms with Crippen molar-refractivity contribution in [3.8, 4) is 0 Å². The summed E-state index contributed by atoms with van der Waals surface area (Å²) in [5.41, 5.74) is 0. The van der Waals surface area contributed by atoms with Gasteiger partial charge in [-0.05, 0) is 38.2 Å². The van der Waals surface area contributed by atoms with Gasteiger partial charge in [-0.3, -0.25) is 4.79 Å². The molecule has 0 fully saturated rings. The topological polar surface area (TPSA) is 34.1 Å². The first kappa shape index (κ1) is 21.8. The van der Waals surface area contributed by atoms with E-state index in [1.54, 1.807) is 18.2 Å². The van der Waals surface area contributed by atoms with Crippen LogP contribution in [0.2, 0.25) is 0 Å². The second-order valence-electron chi connectivity index (χ2n) is 5.20. The molecule has 0 aromatic rings. The Morgan fingerprint density at radius 1 is 0.708 bits per heavy atom. The minimum atomic E-state index is 0.0818. The Hall–Kier alpha value is -2.22. The Bertz CT molecular complexity index is 488. The maximum Gasteiger partial charge on any atom is 0.159 e. The van der Waals surface area contributed by atoms with Gasteiger partial charge in [-0.2, -0.15) is 0 Å². The van der Waals surface area contributed by atoms with Gasteiger partial charge in [0, 0.05) is 12.8 Å². The van der Waals surface area contributed by atoms with E-state index in [1.807, 2.05) is 18.2 Å². The highest BCUT2D eigenvalue weighted by atomic mass is 16.1. The van der Waals surface area contributed by atoms with E-state index in [0.717, 1.165) is 38.4 Å². The van der Waals surface area contributed by atoms with Crippen LogP contribution in [-0.4, -0.2) is 12.1 Å². The molecule has 0 saturated carbocycles. The van der Waals surface area contributed by atoms with Crippen molar-refractivity contribution in [2.24, 2.45) is 0 Å². The first-order valence-electron chi connectivity index (χ1n) is 8.70. The van der Waals surface area contributed by atoms with Crippen LogP contribution >= 0.6 is 0 Å². The van der Waals surface area contributed by atoms with E-state index in [4.69, 9.17) is 0 Å². The Kier molecular flexibility index (Phi) is 17.1. The number of unbranched alkanes of at least 4 members (excludes halogenated alkanes) is 1. The van der Waals surface area contributed by atoms with Gasteiger partial charge in [0.25, 0.3) is 0 Å². The molecule has 0 unspecified atom stereocenters. The summed E-state index contributed by atoms with van der Waals surface area (Å²) in [6.07, 6.45) is 30.3. The van der Waals surface area contributed by atoms with Gasteiger partial charge in [0.2, 0.25) is 0 Å². The van der Waals surface area contributed by atoms with Gasteiger partial charge in [-0.1, -0.05) is 73.8 Å². The summed E-state index contributed by atoms with van der Waals surface area (Å²) in [7, 11) is 0. The van der Waals surface area contributed by atoms with E-state index >= 15 is 0 Å². The van der Waals surface area contributed by atoms with Gasteiger partial charge in [0.15, 0.2) is 5.78 Å². The van der Waals surface area contributed by atoms with E-state index in [9.17, 15) is 9.59 Å². The Morgan fingerprint density at radius 3 is 1.88 bits per heavy atom. The van der Waals surface area contributed by atoms with E-state index in [0.29, 0.717) is 12.8 Å². The van der Waals surface area contributed by atoms with Gasteiger partial charge in [-0.25, -0.2) is 0 Å². The molecule has 0 atom stereocenters. The van der Waals surface area contributed by atoms with E-state index in [-0.39, 0.29) is 5.78 Å². The second kappa shape index (κ2) is 18.8. The van der Waals surface area contributed by atoms with Crippen LogP contribution in [0, 0.1) is 0 Å². The van der Waals surface area contributed by atoms with Crippen LogP contribution in [0.3, 0.4) is 0 Å². The molecule has 24 heavy (non-hydrogen) atoms. The lowest BCUT2D eigenvalue weighted by Gasteiger charge is -1.87. The highest BCUT2D eigenvalue weighted by Gasteiger charge is 1.89. The highest BCUT2D eigenvalue weighted by Crippen LogP contribution is 1.96. The van der Waals surface area contributed by atoms with Gasteiger partial charge in [-0.15, -0.1) is 0 Å². The minimum Gasteiger partial charge on any atom is -0.303 e. The SMILES string of the molecule is CC/C=C\C/C=C\C/C=C\C/C=C\CC(=O)/C=C/C=C/CCC=O. The van der Waals surface area contributed by atoms with E-state index in [1.165, 1.54) is 0 Å². The molecule has 0 spiro atoms. The van der Waals surface area contributed by atoms with Crippen LogP contribution in [-0.2, 0) is 9.59 Å². The highest BCUT2D eigenvalue weighted by molar-refractivity contribution is 5.90. The number of carbonyl (C=O) groups is 2. The molecule has 2 heteroatoms. The predicted molar refractivity (Wildman–Crippen MR) is 104 cm³/mol. The molecule has 0 rings (SSSR count). The number of aldehydes is 1. The zero-order valence-corrected chi connectivity index (χ0v) is 14.8. The van der Waals surface area contributed by atoms with Crippen molar-refractivity contribution < 1.29 is 9.59 Å².